The van der Waals surface area contributed by atoms with Crippen molar-refractivity contribution in [2.45, 2.75) is 6.92 Å². The maximum atomic E-state index is 5.27. The fourth-order valence-electron chi connectivity index (χ4n) is 2.94. The lowest BCUT2D eigenvalue weighted by Crippen LogP contribution is -1.95. The van der Waals surface area contributed by atoms with Crippen LogP contribution in [0.2, 0.25) is 0 Å². The molecule has 0 aliphatic carbocycles. The molecule has 0 saturated heterocycles. The number of ether oxygens (including phenoxy) is 1. The fraction of sp³-hybridized carbons (Fsp3) is 0.0870. The van der Waals surface area contributed by atoms with Crippen LogP contribution in [-0.4, -0.2) is 22.1 Å². The van der Waals surface area contributed by atoms with Gasteiger partial charge in [-0.25, -0.2) is 4.98 Å². The van der Waals surface area contributed by atoms with Gasteiger partial charge < -0.3 is 4.74 Å². The summed E-state index contributed by atoms with van der Waals surface area (Å²) in [4.78, 5) is 13.9. The SMILES string of the molecule is COc1ccc(-c2cc(-c3ccccn3)nc(-c3cccc(C)n3)c2)cc1. The molecule has 0 bridgehead atoms. The van der Waals surface area contributed by atoms with Crippen LogP contribution in [0.5, 0.6) is 5.75 Å². The number of pyridine rings is 3. The van der Waals surface area contributed by atoms with Gasteiger partial charge in [0.15, 0.2) is 0 Å². The third-order valence-corrected chi connectivity index (χ3v) is 4.33. The van der Waals surface area contributed by atoms with Gasteiger partial charge in [-0.3, -0.25) is 9.97 Å². The van der Waals surface area contributed by atoms with E-state index in [9.17, 15) is 0 Å². The highest BCUT2D eigenvalue weighted by Gasteiger charge is 2.10. The van der Waals surface area contributed by atoms with E-state index >= 15 is 0 Å². The molecular formula is C23H19N3O. The van der Waals surface area contributed by atoms with Gasteiger partial charge in [-0.2, -0.15) is 0 Å². The van der Waals surface area contributed by atoms with Crippen molar-refractivity contribution < 1.29 is 4.74 Å². The quantitative estimate of drug-likeness (QED) is 0.506. The molecule has 0 spiro atoms. The molecule has 1 aromatic carbocycles. The number of nitrogens with zero attached hydrogens (tertiary/aromatic N) is 3. The van der Waals surface area contributed by atoms with Crippen LogP contribution < -0.4 is 4.74 Å². The second-order valence-corrected chi connectivity index (χ2v) is 6.23. The van der Waals surface area contributed by atoms with Gasteiger partial charge in [-0.1, -0.05) is 24.3 Å². The van der Waals surface area contributed by atoms with E-state index in [4.69, 9.17) is 9.72 Å². The molecule has 4 rings (SSSR count). The van der Waals surface area contributed by atoms with Crippen molar-refractivity contribution in [3.63, 3.8) is 0 Å². The third-order valence-electron chi connectivity index (χ3n) is 4.33. The minimum atomic E-state index is 0.822. The topological polar surface area (TPSA) is 47.9 Å². The molecule has 132 valence electrons. The van der Waals surface area contributed by atoms with Crippen molar-refractivity contribution in [2.75, 3.05) is 7.11 Å². The molecule has 4 heteroatoms. The van der Waals surface area contributed by atoms with E-state index in [0.717, 1.165) is 45.3 Å². The second kappa shape index (κ2) is 7.38. The molecule has 0 aliphatic rings. The molecule has 4 nitrogen and oxygen atoms in total. The minimum Gasteiger partial charge on any atom is -0.497 e. The number of hydrogen-bond acceptors (Lipinski definition) is 4. The Hall–Kier alpha value is -3.53. The Bertz CT molecular complexity index is 1060. The van der Waals surface area contributed by atoms with E-state index in [2.05, 4.69) is 22.1 Å². The highest BCUT2D eigenvalue weighted by Crippen LogP contribution is 2.29. The van der Waals surface area contributed by atoms with Crippen molar-refractivity contribution >= 4 is 0 Å². The summed E-state index contributed by atoms with van der Waals surface area (Å²) >= 11 is 0. The molecule has 0 atom stereocenters. The first kappa shape index (κ1) is 16.9. The largest absolute Gasteiger partial charge is 0.497 e. The predicted octanol–water partition coefficient (Wildman–Crippen LogP) is 5.19. The summed E-state index contributed by atoms with van der Waals surface area (Å²) in [5.74, 6) is 0.832. The Morgan fingerprint density at radius 3 is 2.07 bits per heavy atom. The third kappa shape index (κ3) is 3.70. The second-order valence-electron chi connectivity index (χ2n) is 6.23. The average Bonchev–Trinajstić information content (AvgIpc) is 2.74. The number of aryl methyl sites for hydroxylation is 1. The number of hydrogen-bond donors (Lipinski definition) is 0. The molecule has 3 aromatic heterocycles. The highest BCUT2D eigenvalue weighted by atomic mass is 16.5. The van der Waals surface area contributed by atoms with Crippen LogP contribution in [0.15, 0.2) is 79.0 Å². The number of aromatic nitrogens is 3. The Labute approximate surface area is 158 Å². The Balaban J connectivity index is 1.88. The van der Waals surface area contributed by atoms with Crippen LogP contribution in [-0.2, 0) is 0 Å². The Morgan fingerprint density at radius 2 is 1.41 bits per heavy atom. The molecule has 0 unspecified atom stereocenters. The first-order valence-corrected chi connectivity index (χ1v) is 8.75. The standard InChI is InChI=1S/C23H19N3O/c1-16-6-5-8-21(25-16)23-15-18(17-9-11-19(27-2)12-10-17)14-22(26-23)20-7-3-4-13-24-20/h3-15H,1-2H3. The van der Waals surface area contributed by atoms with Crippen molar-refractivity contribution in [2.24, 2.45) is 0 Å². The van der Waals surface area contributed by atoms with Gasteiger partial charge in [0.1, 0.15) is 5.75 Å². The van der Waals surface area contributed by atoms with Crippen LogP contribution in [0.4, 0.5) is 0 Å². The van der Waals surface area contributed by atoms with Crippen LogP contribution in [0.25, 0.3) is 33.9 Å². The number of rotatable bonds is 4. The molecule has 3 heterocycles. The maximum Gasteiger partial charge on any atom is 0.118 e. The monoisotopic (exact) mass is 353 g/mol. The van der Waals surface area contributed by atoms with Gasteiger partial charge >= 0.3 is 0 Å². The molecular weight excluding hydrogens is 334 g/mol. The highest BCUT2D eigenvalue weighted by molar-refractivity contribution is 5.75. The first-order valence-electron chi connectivity index (χ1n) is 8.75. The lowest BCUT2D eigenvalue weighted by atomic mass is 10.0. The predicted molar refractivity (Wildman–Crippen MR) is 107 cm³/mol. The summed E-state index contributed by atoms with van der Waals surface area (Å²) < 4.78 is 5.27. The summed E-state index contributed by atoms with van der Waals surface area (Å²) in [5.41, 5.74) is 6.44. The zero-order chi connectivity index (χ0) is 18.6. The van der Waals surface area contributed by atoms with Crippen molar-refractivity contribution in [1.82, 2.24) is 15.0 Å². The smallest absolute Gasteiger partial charge is 0.118 e. The van der Waals surface area contributed by atoms with Crippen LogP contribution >= 0.6 is 0 Å². The lowest BCUT2D eigenvalue weighted by molar-refractivity contribution is 0.415. The maximum absolute atomic E-state index is 5.27. The van der Waals surface area contributed by atoms with Crippen LogP contribution in [0.1, 0.15) is 5.69 Å². The van der Waals surface area contributed by atoms with Gasteiger partial charge in [0.25, 0.3) is 0 Å². The van der Waals surface area contributed by atoms with Crippen LogP contribution in [0, 0.1) is 6.92 Å². The molecule has 0 N–H and O–H groups in total. The van der Waals surface area contributed by atoms with Crippen molar-refractivity contribution in [3.05, 3.63) is 84.7 Å². The van der Waals surface area contributed by atoms with Crippen LogP contribution in [0.3, 0.4) is 0 Å². The summed E-state index contributed by atoms with van der Waals surface area (Å²) in [6, 6.07) is 23.9. The first-order chi connectivity index (χ1) is 13.2. The van der Waals surface area contributed by atoms with Gasteiger partial charge in [0.05, 0.1) is 29.9 Å². The molecule has 0 saturated carbocycles. The minimum absolute atomic E-state index is 0.822. The van der Waals surface area contributed by atoms with E-state index in [1.54, 1.807) is 13.3 Å². The molecule has 0 aliphatic heterocycles. The molecule has 0 fully saturated rings. The summed E-state index contributed by atoms with van der Waals surface area (Å²) in [6.07, 6.45) is 1.78. The van der Waals surface area contributed by atoms with E-state index in [1.807, 2.05) is 67.6 Å². The summed E-state index contributed by atoms with van der Waals surface area (Å²) in [6.45, 7) is 1.98. The van der Waals surface area contributed by atoms with Gasteiger partial charge in [0, 0.05) is 11.9 Å². The number of methoxy groups -OCH3 is 1. The zero-order valence-corrected chi connectivity index (χ0v) is 15.3. The molecule has 0 radical (unpaired) electrons. The normalized spacial score (nSPS) is 10.6. The molecule has 27 heavy (non-hydrogen) atoms. The lowest BCUT2D eigenvalue weighted by Gasteiger charge is -2.10. The van der Waals surface area contributed by atoms with E-state index < -0.39 is 0 Å². The van der Waals surface area contributed by atoms with Crippen molar-refractivity contribution in [1.29, 1.82) is 0 Å². The zero-order valence-electron chi connectivity index (χ0n) is 15.3. The summed E-state index contributed by atoms with van der Waals surface area (Å²) in [7, 11) is 1.67. The van der Waals surface area contributed by atoms with Crippen molar-refractivity contribution in [3.8, 4) is 39.7 Å². The fourth-order valence-corrected chi connectivity index (χ4v) is 2.94. The average molecular weight is 353 g/mol. The molecule has 0 amide bonds. The number of benzene rings is 1. The van der Waals surface area contributed by atoms with Gasteiger partial charge in [-0.15, -0.1) is 0 Å². The van der Waals surface area contributed by atoms with E-state index in [0.29, 0.717) is 0 Å². The Morgan fingerprint density at radius 1 is 0.667 bits per heavy atom. The molecule has 4 aromatic rings. The van der Waals surface area contributed by atoms with Gasteiger partial charge in [-0.05, 0) is 66.6 Å². The summed E-state index contributed by atoms with van der Waals surface area (Å²) in [5, 5.41) is 0. The van der Waals surface area contributed by atoms with E-state index in [-0.39, 0.29) is 0 Å². The van der Waals surface area contributed by atoms with Gasteiger partial charge in [0.2, 0.25) is 0 Å². The Kier molecular flexibility index (Phi) is 4.62. The van der Waals surface area contributed by atoms with E-state index in [1.165, 1.54) is 0 Å².